The van der Waals surface area contributed by atoms with E-state index in [9.17, 15) is 9.59 Å². The second-order valence-electron chi connectivity index (χ2n) is 5.07. The van der Waals surface area contributed by atoms with Gasteiger partial charge in [-0.3, -0.25) is 14.9 Å². The second kappa shape index (κ2) is 11.0. The van der Waals surface area contributed by atoms with Crippen LogP contribution in [-0.4, -0.2) is 11.8 Å². The molecule has 1 saturated heterocycles. The van der Waals surface area contributed by atoms with Crippen molar-refractivity contribution in [3.8, 4) is 0 Å². The number of rotatable bonds is 3. The van der Waals surface area contributed by atoms with Crippen molar-refractivity contribution in [1.29, 1.82) is 0 Å². The van der Waals surface area contributed by atoms with Crippen LogP contribution in [0.3, 0.4) is 0 Å². The van der Waals surface area contributed by atoms with Gasteiger partial charge >= 0.3 is 0 Å². The summed E-state index contributed by atoms with van der Waals surface area (Å²) in [7, 11) is 0. The quantitative estimate of drug-likeness (QED) is 0.655. The lowest BCUT2D eigenvalue weighted by molar-refractivity contribution is -0.125. The maximum atomic E-state index is 12.0. The molecule has 1 aliphatic rings. The zero-order chi connectivity index (χ0) is 18.7. The van der Waals surface area contributed by atoms with Gasteiger partial charge in [-0.15, -0.1) is 0 Å². The average Bonchev–Trinajstić information content (AvgIpc) is 2.94. The maximum Gasteiger partial charge on any atom is 0.254 e. The maximum absolute atomic E-state index is 12.0. The number of carbonyl (C=O) groups is 2. The van der Waals surface area contributed by atoms with Crippen molar-refractivity contribution in [2.45, 2.75) is 34.1 Å². The van der Waals surface area contributed by atoms with Crippen LogP contribution in [0.25, 0.3) is 6.08 Å². The van der Waals surface area contributed by atoms with Crippen LogP contribution in [0.15, 0.2) is 66.2 Å². The minimum Gasteiger partial charge on any atom is -0.292 e. The Kier molecular flexibility index (Phi) is 8.94. The molecule has 0 bridgehead atoms. The molecule has 1 N–H and O–H groups in total. The number of imide groups is 1. The lowest BCUT2D eigenvalue weighted by atomic mass is 9.92. The molecule has 3 nitrogen and oxygen atoms in total. The smallest absolute Gasteiger partial charge is 0.254 e. The third-order valence-corrected chi connectivity index (χ3v) is 3.60. The first-order valence-corrected chi connectivity index (χ1v) is 8.90. The molecule has 1 unspecified atom stereocenters. The summed E-state index contributed by atoms with van der Waals surface area (Å²) in [6, 6.07) is 19.3. The standard InChI is InChI=1S/C18H15NO2.2C2H6/c20-17-15(11-13-7-3-1-4-8-13)16(18(21)19-17)12-14-9-5-2-6-10-14;2*1-2/h1-11,16H,12H2,(H,19,20,21);2*1-2H3/b15-11-;;. The molecule has 1 atom stereocenters. The van der Waals surface area contributed by atoms with Crippen molar-refractivity contribution < 1.29 is 9.59 Å². The molecule has 3 rings (SSSR count). The summed E-state index contributed by atoms with van der Waals surface area (Å²) < 4.78 is 0. The van der Waals surface area contributed by atoms with E-state index in [1.807, 2.05) is 88.4 Å². The molecule has 25 heavy (non-hydrogen) atoms. The van der Waals surface area contributed by atoms with Crippen molar-refractivity contribution >= 4 is 17.9 Å². The molecular formula is C22H27NO2. The van der Waals surface area contributed by atoms with Crippen molar-refractivity contribution in [2.24, 2.45) is 5.92 Å². The van der Waals surface area contributed by atoms with E-state index in [0.29, 0.717) is 12.0 Å². The normalized spacial score (nSPS) is 17.1. The molecule has 0 spiro atoms. The Hall–Kier alpha value is -2.68. The van der Waals surface area contributed by atoms with Crippen molar-refractivity contribution in [3.63, 3.8) is 0 Å². The van der Waals surface area contributed by atoms with Crippen LogP contribution < -0.4 is 5.32 Å². The van der Waals surface area contributed by atoms with Gasteiger partial charge in [-0.25, -0.2) is 0 Å². The van der Waals surface area contributed by atoms with E-state index in [-0.39, 0.29) is 11.8 Å². The molecular weight excluding hydrogens is 310 g/mol. The summed E-state index contributed by atoms with van der Waals surface area (Å²) in [5, 5.41) is 2.41. The topological polar surface area (TPSA) is 46.2 Å². The highest BCUT2D eigenvalue weighted by Crippen LogP contribution is 2.25. The predicted molar refractivity (Wildman–Crippen MR) is 104 cm³/mol. The van der Waals surface area contributed by atoms with Crippen LogP contribution >= 0.6 is 0 Å². The van der Waals surface area contributed by atoms with E-state index in [1.54, 1.807) is 6.08 Å². The van der Waals surface area contributed by atoms with Crippen molar-refractivity contribution in [2.75, 3.05) is 0 Å². The van der Waals surface area contributed by atoms with E-state index in [2.05, 4.69) is 5.32 Å². The predicted octanol–water partition coefficient (Wildman–Crippen LogP) is 4.64. The van der Waals surface area contributed by atoms with Crippen LogP contribution in [0.2, 0.25) is 0 Å². The molecule has 1 heterocycles. The minimum atomic E-state index is -0.417. The Labute approximate surface area is 150 Å². The molecule has 132 valence electrons. The molecule has 2 aromatic rings. The summed E-state index contributed by atoms with van der Waals surface area (Å²) >= 11 is 0. The molecule has 2 amide bonds. The van der Waals surface area contributed by atoms with Gasteiger partial charge in [0.15, 0.2) is 0 Å². The zero-order valence-electron chi connectivity index (χ0n) is 15.5. The minimum absolute atomic E-state index is 0.217. The summed E-state index contributed by atoms with van der Waals surface area (Å²) in [6.07, 6.45) is 2.34. The summed E-state index contributed by atoms with van der Waals surface area (Å²) in [5.74, 6) is -0.920. The van der Waals surface area contributed by atoms with Crippen LogP contribution in [0.4, 0.5) is 0 Å². The van der Waals surface area contributed by atoms with Gasteiger partial charge < -0.3 is 0 Å². The molecule has 0 aromatic heterocycles. The highest BCUT2D eigenvalue weighted by atomic mass is 16.2. The van der Waals surface area contributed by atoms with Gasteiger partial charge in [-0.2, -0.15) is 0 Å². The fourth-order valence-corrected chi connectivity index (χ4v) is 2.52. The van der Waals surface area contributed by atoms with Crippen molar-refractivity contribution in [1.82, 2.24) is 5.32 Å². The molecule has 1 fully saturated rings. The molecule has 2 aromatic carbocycles. The van der Waals surface area contributed by atoms with Gasteiger partial charge in [0.2, 0.25) is 5.91 Å². The van der Waals surface area contributed by atoms with Crippen LogP contribution in [0.5, 0.6) is 0 Å². The van der Waals surface area contributed by atoms with Crippen LogP contribution in [0, 0.1) is 5.92 Å². The van der Waals surface area contributed by atoms with E-state index in [4.69, 9.17) is 0 Å². The Bertz CT molecular complexity index is 690. The van der Waals surface area contributed by atoms with Gasteiger partial charge in [0.1, 0.15) is 0 Å². The molecule has 3 heteroatoms. The van der Waals surface area contributed by atoms with E-state index >= 15 is 0 Å². The number of hydrogen-bond acceptors (Lipinski definition) is 2. The Morgan fingerprint density at radius 1 is 0.840 bits per heavy atom. The first kappa shape index (κ1) is 20.4. The summed E-state index contributed by atoms with van der Waals surface area (Å²) in [6.45, 7) is 8.00. The summed E-state index contributed by atoms with van der Waals surface area (Å²) in [5.41, 5.74) is 2.51. The lowest BCUT2D eigenvalue weighted by Gasteiger charge is -2.08. The Morgan fingerprint density at radius 2 is 1.36 bits per heavy atom. The first-order valence-electron chi connectivity index (χ1n) is 8.90. The highest BCUT2D eigenvalue weighted by molar-refractivity contribution is 6.17. The van der Waals surface area contributed by atoms with Crippen LogP contribution in [-0.2, 0) is 16.0 Å². The largest absolute Gasteiger partial charge is 0.292 e. The third kappa shape index (κ3) is 5.71. The number of nitrogens with one attached hydrogen (secondary N) is 1. The zero-order valence-corrected chi connectivity index (χ0v) is 15.5. The third-order valence-electron chi connectivity index (χ3n) is 3.60. The van der Waals surface area contributed by atoms with Crippen molar-refractivity contribution in [3.05, 3.63) is 77.4 Å². The SMILES string of the molecule is CC.CC.O=C1NC(=O)C(Cc2ccccc2)/C1=C/c1ccccc1. The highest BCUT2D eigenvalue weighted by Gasteiger charge is 2.35. The number of hydrogen-bond donors (Lipinski definition) is 1. The summed E-state index contributed by atoms with van der Waals surface area (Å²) in [4.78, 5) is 24.0. The average molecular weight is 337 g/mol. The number of carbonyl (C=O) groups excluding carboxylic acids is 2. The first-order chi connectivity index (χ1) is 12.2. The fourth-order valence-electron chi connectivity index (χ4n) is 2.52. The molecule has 0 radical (unpaired) electrons. The molecule has 0 saturated carbocycles. The van der Waals surface area contributed by atoms with Gasteiger partial charge in [0.25, 0.3) is 5.91 Å². The van der Waals surface area contributed by atoms with Gasteiger partial charge in [-0.1, -0.05) is 88.4 Å². The Balaban J connectivity index is 0.000000730. The number of benzene rings is 2. The molecule has 1 aliphatic heterocycles. The fraction of sp³-hybridized carbons (Fsp3) is 0.273. The Morgan fingerprint density at radius 3 is 1.92 bits per heavy atom. The van der Waals surface area contributed by atoms with Gasteiger partial charge in [0.05, 0.1) is 5.92 Å². The number of amides is 2. The van der Waals surface area contributed by atoms with E-state index in [0.717, 1.165) is 11.1 Å². The van der Waals surface area contributed by atoms with Crippen LogP contribution in [0.1, 0.15) is 38.8 Å². The van der Waals surface area contributed by atoms with Gasteiger partial charge in [0, 0.05) is 5.57 Å². The lowest BCUT2D eigenvalue weighted by Crippen LogP contribution is -2.22. The van der Waals surface area contributed by atoms with Gasteiger partial charge in [-0.05, 0) is 23.6 Å². The second-order valence-corrected chi connectivity index (χ2v) is 5.07. The molecule has 0 aliphatic carbocycles. The van der Waals surface area contributed by atoms with E-state index < -0.39 is 5.92 Å². The van der Waals surface area contributed by atoms with E-state index in [1.165, 1.54) is 0 Å². The monoisotopic (exact) mass is 337 g/mol.